The first-order valence-electron chi connectivity index (χ1n) is 8.49. The lowest BCUT2D eigenvalue weighted by Gasteiger charge is -2.32. The molecule has 0 amide bonds. The molecule has 136 valence electrons. The van der Waals surface area contributed by atoms with Gasteiger partial charge in [-0.3, -0.25) is 0 Å². The molecule has 0 aliphatic carbocycles. The molecule has 3 nitrogen and oxygen atoms in total. The van der Waals surface area contributed by atoms with E-state index in [1.165, 1.54) is 12.1 Å². The van der Waals surface area contributed by atoms with Crippen LogP contribution in [0.1, 0.15) is 23.1 Å². The van der Waals surface area contributed by atoms with Gasteiger partial charge >= 0.3 is 6.18 Å². The number of hydrogen-bond donors (Lipinski definition) is 0. The number of likely N-dealkylation sites (tertiary alicyclic amines) is 1. The zero-order chi connectivity index (χ0) is 18.7. The smallest absolute Gasteiger partial charge is 0.363 e. The third kappa shape index (κ3) is 4.00. The van der Waals surface area contributed by atoms with Crippen molar-refractivity contribution in [2.45, 2.75) is 25.2 Å². The van der Waals surface area contributed by atoms with E-state index >= 15 is 0 Å². The van der Waals surface area contributed by atoms with Crippen LogP contribution in [0.3, 0.4) is 0 Å². The Morgan fingerprint density at radius 1 is 1.15 bits per heavy atom. The number of nitrogens with zero attached hydrogens (tertiary/aromatic N) is 3. The summed E-state index contributed by atoms with van der Waals surface area (Å²) < 4.78 is 40.1. The van der Waals surface area contributed by atoms with Gasteiger partial charge in [0.2, 0.25) is 0 Å². The van der Waals surface area contributed by atoms with Gasteiger partial charge in [-0.25, -0.2) is 0 Å². The van der Waals surface area contributed by atoms with Gasteiger partial charge in [-0.05, 0) is 55.9 Å². The van der Waals surface area contributed by atoms with Crippen molar-refractivity contribution in [1.29, 1.82) is 5.26 Å². The molecule has 1 heterocycles. The molecule has 0 spiro atoms. The second kappa shape index (κ2) is 7.38. The Morgan fingerprint density at radius 3 is 2.42 bits per heavy atom. The quantitative estimate of drug-likeness (QED) is 0.816. The van der Waals surface area contributed by atoms with Gasteiger partial charge < -0.3 is 9.80 Å². The van der Waals surface area contributed by atoms with E-state index in [1.807, 2.05) is 24.1 Å². The second-order valence-corrected chi connectivity index (χ2v) is 6.65. The lowest BCUT2D eigenvalue weighted by atomic mass is 10.0. The third-order valence-corrected chi connectivity index (χ3v) is 4.80. The monoisotopic (exact) mass is 359 g/mol. The molecule has 0 unspecified atom stereocenters. The molecule has 1 saturated heterocycles. The number of rotatable bonds is 4. The van der Waals surface area contributed by atoms with Crippen molar-refractivity contribution in [3.8, 4) is 6.07 Å². The van der Waals surface area contributed by atoms with Gasteiger partial charge in [0.1, 0.15) is 0 Å². The molecule has 2 aromatic rings. The standard InChI is InChI=1S/C20H20F3N3/c1-25-11-10-18(14-25)26(17-8-6-15(12-24)7-9-17)13-16-4-2-3-5-19(16)20(21,22)23/h2-9,18H,10-11,13-14H2,1H3/t18-/m0/s1. The van der Waals surface area contributed by atoms with Crippen LogP contribution in [0.4, 0.5) is 18.9 Å². The van der Waals surface area contributed by atoms with Gasteiger partial charge in [0, 0.05) is 24.8 Å². The first-order valence-corrected chi connectivity index (χ1v) is 8.49. The third-order valence-electron chi connectivity index (χ3n) is 4.80. The van der Waals surface area contributed by atoms with Crippen molar-refractivity contribution < 1.29 is 13.2 Å². The minimum Gasteiger partial charge on any atom is -0.363 e. The first kappa shape index (κ1) is 18.3. The zero-order valence-electron chi connectivity index (χ0n) is 14.5. The number of hydrogen-bond acceptors (Lipinski definition) is 3. The van der Waals surface area contributed by atoms with Crippen molar-refractivity contribution in [1.82, 2.24) is 4.90 Å². The first-order chi connectivity index (χ1) is 12.4. The van der Waals surface area contributed by atoms with E-state index in [0.717, 1.165) is 31.3 Å². The van der Waals surface area contributed by atoms with Gasteiger partial charge in [0.25, 0.3) is 0 Å². The summed E-state index contributed by atoms with van der Waals surface area (Å²) in [5.41, 5.74) is 1.04. The van der Waals surface area contributed by atoms with Crippen LogP contribution in [0, 0.1) is 11.3 Å². The van der Waals surface area contributed by atoms with E-state index in [1.54, 1.807) is 18.2 Å². The van der Waals surface area contributed by atoms with Crippen LogP contribution in [-0.2, 0) is 12.7 Å². The summed E-state index contributed by atoms with van der Waals surface area (Å²) in [6.45, 7) is 1.90. The van der Waals surface area contributed by atoms with Crippen LogP contribution in [0.25, 0.3) is 0 Å². The van der Waals surface area contributed by atoms with Gasteiger partial charge in [-0.15, -0.1) is 0 Å². The van der Waals surface area contributed by atoms with Crippen LogP contribution in [0.5, 0.6) is 0 Å². The average molecular weight is 359 g/mol. The Bertz CT molecular complexity index is 793. The Kier molecular flexibility index (Phi) is 5.19. The largest absolute Gasteiger partial charge is 0.416 e. The van der Waals surface area contributed by atoms with Gasteiger partial charge in [0.05, 0.1) is 17.2 Å². The minimum absolute atomic E-state index is 0.134. The van der Waals surface area contributed by atoms with Gasteiger partial charge in [0.15, 0.2) is 0 Å². The lowest BCUT2D eigenvalue weighted by Crippen LogP contribution is -2.37. The van der Waals surface area contributed by atoms with Crippen LogP contribution < -0.4 is 4.90 Å². The number of nitriles is 1. The van der Waals surface area contributed by atoms with E-state index in [0.29, 0.717) is 5.56 Å². The number of benzene rings is 2. The van der Waals surface area contributed by atoms with Crippen LogP contribution in [-0.4, -0.2) is 31.1 Å². The summed E-state index contributed by atoms with van der Waals surface area (Å²) >= 11 is 0. The predicted molar refractivity (Wildman–Crippen MR) is 94.7 cm³/mol. The molecule has 0 bridgehead atoms. The Morgan fingerprint density at radius 2 is 1.85 bits per heavy atom. The zero-order valence-corrected chi connectivity index (χ0v) is 14.5. The Balaban J connectivity index is 1.95. The van der Waals surface area contributed by atoms with Crippen molar-refractivity contribution in [2.75, 3.05) is 25.0 Å². The highest BCUT2D eigenvalue weighted by molar-refractivity contribution is 5.52. The molecule has 6 heteroatoms. The lowest BCUT2D eigenvalue weighted by molar-refractivity contribution is -0.138. The Labute approximate surface area is 151 Å². The van der Waals surface area contributed by atoms with Crippen LogP contribution in [0.2, 0.25) is 0 Å². The van der Waals surface area contributed by atoms with Crippen molar-refractivity contribution >= 4 is 5.69 Å². The number of anilines is 1. The molecule has 26 heavy (non-hydrogen) atoms. The fourth-order valence-electron chi connectivity index (χ4n) is 3.44. The average Bonchev–Trinajstić information content (AvgIpc) is 3.05. The highest BCUT2D eigenvalue weighted by atomic mass is 19.4. The van der Waals surface area contributed by atoms with Crippen molar-refractivity contribution in [3.05, 3.63) is 65.2 Å². The van der Waals surface area contributed by atoms with E-state index in [4.69, 9.17) is 5.26 Å². The van der Waals surface area contributed by atoms with Gasteiger partial charge in [-0.1, -0.05) is 18.2 Å². The summed E-state index contributed by atoms with van der Waals surface area (Å²) in [5, 5.41) is 8.98. The molecular weight excluding hydrogens is 339 g/mol. The molecule has 0 N–H and O–H groups in total. The van der Waals surface area contributed by atoms with Crippen molar-refractivity contribution in [2.24, 2.45) is 0 Å². The molecule has 3 rings (SSSR count). The maximum absolute atomic E-state index is 13.4. The minimum atomic E-state index is -4.38. The molecule has 0 aromatic heterocycles. The van der Waals surface area contributed by atoms with Crippen LogP contribution in [0.15, 0.2) is 48.5 Å². The maximum Gasteiger partial charge on any atom is 0.416 e. The molecule has 1 aliphatic heterocycles. The second-order valence-electron chi connectivity index (χ2n) is 6.65. The number of likely N-dealkylation sites (N-methyl/N-ethyl adjacent to an activating group) is 1. The highest BCUT2D eigenvalue weighted by Gasteiger charge is 2.34. The topological polar surface area (TPSA) is 30.3 Å². The van der Waals surface area contributed by atoms with Crippen LogP contribution >= 0.6 is 0 Å². The molecule has 2 aromatic carbocycles. The fraction of sp³-hybridized carbons (Fsp3) is 0.350. The maximum atomic E-state index is 13.4. The van der Waals surface area contributed by atoms with Gasteiger partial charge in [-0.2, -0.15) is 18.4 Å². The SMILES string of the molecule is CN1CC[C@H](N(Cc2ccccc2C(F)(F)F)c2ccc(C#N)cc2)C1. The molecule has 1 aliphatic rings. The molecule has 1 fully saturated rings. The van der Waals surface area contributed by atoms with E-state index in [2.05, 4.69) is 11.0 Å². The normalized spacial score (nSPS) is 17.9. The molecular formula is C20H20F3N3. The summed E-state index contributed by atoms with van der Waals surface area (Å²) in [5.74, 6) is 0. The number of alkyl halides is 3. The molecule has 0 saturated carbocycles. The van der Waals surface area contributed by atoms with E-state index in [9.17, 15) is 13.2 Å². The summed E-state index contributed by atoms with van der Waals surface area (Å²) in [6.07, 6.45) is -3.48. The summed E-state index contributed by atoms with van der Waals surface area (Å²) in [4.78, 5) is 4.20. The van der Waals surface area contributed by atoms with E-state index < -0.39 is 11.7 Å². The molecule has 1 atom stereocenters. The summed E-state index contributed by atoms with van der Waals surface area (Å²) in [6, 6.07) is 15.0. The van der Waals surface area contributed by atoms with E-state index in [-0.39, 0.29) is 18.2 Å². The predicted octanol–water partition coefficient (Wildman–Crippen LogP) is 4.29. The number of halogens is 3. The highest BCUT2D eigenvalue weighted by Crippen LogP contribution is 2.34. The molecule has 0 radical (unpaired) electrons. The fourth-order valence-corrected chi connectivity index (χ4v) is 3.44. The van der Waals surface area contributed by atoms with Crippen molar-refractivity contribution in [3.63, 3.8) is 0 Å². The summed E-state index contributed by atoms with van der Waals surface area (Å²) in [7, 11) is 2.01. The Hall–Kier alpha value is -2.52.